The van der Waals surface area contributed by atoms with Crippen LogP contribution in [0.2, 0.25) is 0 Å². The van der Waals surface area contributed by atoms with Crippen molar-refractivity contribution in [3.63, 3.8) is 0 Å². The van der Waals surface area contributed by atoms with Crippen molar-refractivity contribution in [1.82, 2.24) is 3.97 Å². The molecule has 4 rings (SSSR count). The summed E-state index contributed by atoms with van der Waals surface area (Å²) < 4.78 is 54.2. The Bertz CT molecular complexity index is 1890. The van der Waals surface area contributed by atoms with Crippen molar-refractivity contribution in [2.45, 2.75) is 18.4 Å². The number of carbonyl (C=O) groups excluding carboxylic acids is 2. The summed E-state index contributed by atoms with van der Waals surface area (Å²) in [6, 6.07) is 16.3. The molecule has 15 heteroatoms. The first-order valence-corrected chi connectivity index (χ1v) is 16.0. The van der Waals surface area contributed by atoms with Crippen LogP contribution in [0.25, 0.3) is 22.0 Å². The number of nitro groups is 1. The molecule has 0 saturated carbocycles. The molecule has 0 aliphatic heterocycles. The minimum Gasteiger partial charge on any atom is -0.469 e. The molecule has 0 bridgehead atoms. The van der Waals surface area contributed by atoms with E-state index in [-0.39, 0.29) is 53.7 Å². The van der Waals surface area contributed by atoms with Gasteiger partial charge in [0.1, 0.15) is 11.7 Å². The van der Waals surface area contributed by atoms with E-state index in [1.807, 2.05) is 6.07 Å². The standard InChI is InChI=1S/C32H33N3O11S/c1-42-12-13-45-20-46-30-24(22-8-6-5-7-9-22)17-32(35(38)39,26(31(37)44-3)16-29(36)43-2)18-25(30)28-15-23-14-21(19-33)10-11-27(23)34(28)47(4,40)41/h5-11,14-15,18,26H,12-13,16-17,20H2,1-4H3. The minimum atomic E-state index is -4.11. The van der Waals surface area contributed by atoms with E-state index >= 15 is 0 Å². The van der Waals surface area contributed by atoms with Crippen LogP contribution in [-0.4, -0.2) is 82.4 Å². The van der Waals surface area contributed by atoms with Crippen LogP contribution >= 0.6 is 0 Å². The van der Waals surface area contributed by atoms with Gasteiger partial charge in [-0.05, 0) is 29.8 Å². The maximum atomic E-state index is 13.4. The first-order valence-electron chi connectivity index (χ1n) is 14.2. The summed E-state index contributed by atoms with van der Waals surface area (Å²) in [5.74, 6) is -3.61. The smallest absolute Gasteiger partial charge is 0.316 e. The zero-order chi connectivity index (χ0) is 34.4. The first-order chi connectivity index (χ1) is 22.4. The molecule has 14 nitrogen and oxygen atoms in total. The highest BCUT2D eigenvalue weighted by atomic mass is 32.2. The summed E-state index contributed by atoms with van der Waals surface area (Å²) in [6.07, 6.45) is 0.917. The summed E-state index contributed by atoms with van der Waals surface area (Å²) in [6.45, 7) is 0.0451. The Morgan fingerprint density at radius 1 is 1.09 bits per heavy atom. The number of nitriles is 1. The van der Waals surface area contributed by atoms with Gasteiger partial charge in [0.15, 0.2) is 6.79 Å². The van der Waals surface area contributed by atoms with Crippen molar-refractivity contribution in [3.05, 3.63) is 93.4 Å². The molecule has 47 heavy (non-hydrogen) atoms. The van der Waals surface area contributed by atoms with E-state index in [4.69, 9.17) is 23.7 Å². The molecule has 3 aromatic rings. The van der Waals surface area contributed by atoms with Crippen LogP contribution in [0.5, 0.6) is 0 Å². The Kier molecular flexibility index (Phi) is 10.8. The van der Waals surface area contributed by atoms with Crippen molar-refractivity contribution in [2.24, 2.45) is 5.92 Å². The molecule has 1 aliphatic rings. The number of hydrogen-bond acceptors (Lipinski definition) is 12. The number of ether oxygens (including phenoxy) is 5. The number of hydrogen-bond donors (Lipinski definition) is 0. The van der Waals surface area contributed by atoms with Crippen LogP contribution in [0.4, 0.5) is 0 Å². The number of rotatable bonds is 14. The monoisotopic (exact) mass is 667 g/mol. The SMILES string of the molecule is COCCOCOC1=C(c2ccccc2)CC(C(CC(=O)OC)C(=O)OC)([N+](=O)[O-])C=C1c1cc2cc(C#N)ccc2n1S(C)(=O)=O. The zero-order valence-electron chi connectivity index (χ0n) is 26.1. The maximum absolute atomic E-state index is 13.4. The van der Waals surface area contributed by atoms with E-state index < -0.39 is 51.2 Å². The van der Waals surface area contributed by atoms with E-state index in [2.05, 4.69) is 0 Å². The largest absolute Gasteiger partial charge is 0.469 e. The summed E-state index contributed by atoms with van der Waals surface area (Å²) in [5.41, 5.74) is -1.34. The average molecular weight is 668 g/mol. The number of carbonyl (C=O) groups is 2. The molecule has 0 amide bonds. The normalized spacial score (nSPS) is 17.0. The van der Waals surface area contributed by atoms with Gasteiger partial charge in [-0.25, -0.2) is 12.4 Å². The number of allylic oxidation sites excluding steroid dienone is 1. The van der Waals surface area contributed by atoms with Gasteiger partial charge in [0.05, 0.1) is 69.4 Å². The lowest BCUT2D eigenvalue weighted by molar-refractivity contribution is -0.561. The van der Waals surface area contributed by atoms with Gasteiger partial charge >= 0.3 is 11.9 Å². The Labute approximate surface area is 270 Å². The van der Waals surface area contributed by atoms with Gasteiger partial charge in [-0.15, -0.1) is 0 Å². The second-order valence-corrected chi connectivity index (χ2v) is 12.4. The minimum absolute atomic E-state index is 0.0426. The number of aromatic nitrogens is 1. The highest BCUT2D eigenvalue weighted by Gasteiger charge is 2.57. The second kappa shape index (κ2) is 14.6. The number of esters is 2. The Morgan fingerprint density at radius 2 is 1.81 bits per heavy atom. The van der Waals surface area contributed by atoms with Gasteiger partial charge < -0.3 is 23.7 Å². The van der Waals surface area contributed by atoms with Crippen LogP contribution in [0.3, 0.4) is 0 Å². The van der Waals surface area contributed by atoms with Crippen molar-refractivity contribution in [3.8, 4) is 6.07 Å². The molecule has 0 fully saturated rings. The molecular formula is C32H33N3O11S. The van der Waals surface area contributed by atoms with E-state index in [1.54, 1.807) is 30.3 Å². The molecule has 2 aromatic carbocycles. The average Bonchev–Trinajstić information content (AvgIpc) is 3.46. The van der Waals surface area contributed by atoms with Crippen LogP contribution in [0.1, 0.15) is 29.7 Å². The molecule has 1 aliphatic carbocycles. The van der Waals surface area contributed by atoms with Gasteiger partial charge in [-0.3, -0.25) is 19.7 Å². The van der Waals surface area contributed by atoms with Crippen LogP contribution in [0.15, 0.2) is 66.4 Å². The van der Waals surface area contributed by atoms with E-state index in [1.165, 1.54) is 31.4 Å². The molecule has 0 N–H and O–H groups in total. The number of benzene rings is 2. The van der Waals surface area contributed by atoms with Crippen molar-refractivity contribution < 1.29 is 46.6 Å². The van der Waals surface area contributed by atoms with Gasteiger partial charge in [-0.2, -0.15) is 5.26 Å². The Hall–Kier alpha value is -5.04. The Balaban J connectivity index is 2.14. The van der Waals surface area contributed by atoms with Gasteiger partial charge in [0.2, 0.25) is 10.0 Å². The lowest BCUT2D eigenvalue weighted by atomic mass is 9.71. The first kappa shape index (κ1) is 34.8. The lowest BCUT2D eigenvalue weighted by Crippen LogP contribution is -2.50. The van der Waals surface area contributed by atoms with Gasteiger partial charge in [0.25, 0.3) is 5.54 Å². The third-order valence-electron chi connectivity index (χ3n) is 7.74. The summed E-state index contributed by atoms with van der Waals surface area (Å²) >= 11 is 0. The molecule has 2 atom stereocenters. The predicted octanol–water partition coefficient (Wildman–Crippen LogP) is 3.52. The van der Waals surface area contributed by atoms with E-state index in [9.17, 15) is 33.4 Å². The van der Waals surface area contributed by atoms with Crippen molar-refractivity contribution in [1.29, 1.82) is 5.26 Å². The van der Waals surface area contributed by atoms with Crippen molar-refractivity contribution in [2.75, 3.05) is 47.6 Å². The summed E-state index contributed by atoms with van der Waals surface area (Å²) in [4.78, 5) is 38.4. The molecular weight excluding hydrogens is 634 g/mol. The fourth-order valence-electron chi connectivity index (χ4n) is 5.55. The van der Waals surface area contributed by atoms with Crippen LogP contribution in [-0.2, 0) is 43.3 Å². The molecule has 1 aromatic heterocycles. The molecule has 1 heterocycles. The highest BCUT2D eigenvalue weighted by molar-refractivity contribution is 7.89. The second-order valence-electron chi connectivity index (χ2n) is 10.6. The number of nitrogens with zero attached hydrogens (tertiary/aromatic N) is 3. The topological polar surface area (TPSA) is 186 Å². The highest BCUT2D eigenvalue weighted by Crippen LogP contribution is 2.48. The van der Waals surface area contributed by atoms with E-state index in [0.29, 0.717) is 10.9 Å². The predicted molar refractivity (Wildman–Crippen MR) is 168 cm³/mol. The third kappa shape index (κ3) is 7.19. The number of fused-ring (bicyclic) bond motifs is 1. The lowest BCUT2D eigenvalue weighted by Gasteiger charge is -2.35. The molecule has 0 radical (unpaired) electrons. The number of methoxy groups -OCH3 is 3. The van der Waals surface area contributed by atoms with Crippen LogP contribution in [0, 0.1) is 27.4 Å². The Morgan fingerprint density at radius 3 is 2.40 bits per heavy atom. The van der Waals surface area contributed by atoms with Crippen LogP contribution < -0.4 is 0 Å². The quantitative estimate of drug-likeness (QED) is 0.0802. The fraction of sp³-hybridized carbons (Fsp3) is 0.344. The zero-order valence-corrected chi connectivity index (χ0v) is 26.9. The fourth-order valence-corrected chi connectivity index (χ4v) is 6.58. The van der Waals surface area contributed by atoms with Crippen molar-refractivity contribution >= 4 is 44.0 Å². The molecule has 0 spiro atoms. The van der Waals surface area contributed by atoms with Gasteiger partial charge in [-0.1, -0.05) is 30.3 Å². The third-order valence-corrected chi connectivity index (χ3v) is 8.79. The summed E-state index contributed by atoms with van der Waals surface area (Å²) in [7, 11) is -0.491. The summed E-state index contributed by atoms with van der Waals surface area (Å²) in [5, 5.41) is 23.1. The molecule has 0 saturated heterocycles. The molecule has 248 valence electrons. The van der Waals surface area contributed by atoms with E-state index in [0.717, 1.165) is 30.5 Å². The molecule has 2 unspecified atom stereocenters. The van der Waals surface area contributed by atoms with Gasteiger partial charge in [0, 0.05) is 34.6 Å². The maximum Gasteiger partial charge on any atom is 0.316 e.